The van der Waals surface area contributed by atoms with Crippen LogP contribution >= 0.6 is 31.9 Å². The fraction of sp³-hybridized carbons (Fsp3) is 0.154. The molecule has 3 N–H and O–H groups in total. The Morgan fingerprint density at radius 1 is 1.16 bits per heavy atom. The first-order chi connectivity index (χ1) is 9.00. The molecule has 0 aliphatic rings. The molecule has 2 rings (SSSR count). The topological polar surface area (TPSA) is 75.7 Å². The van der Waals surface area contributed by atoms with Gasteiger partial charge in [0.2, 0.25) is 0 Å². The summed E-state index contributed by atoms with van der Waals surface area (Å²) >= 11 is 6.73. The summed E-state index contributed by atoms with van der Waals surface area (Å²) in [5, 5.41) is 7.82. The molecule has 4 nitrogen and oxygen atoms in total. The van der Waals surface area contributed by atoms with Crippen molar-refractivity contribution in [2.24, 2.45) is 5.73 Å². The van der Waals surface area contributed by atoms with Crippen molar-refractivity contribution in [3.63, 3.8) is 0 Å². The van der Waals surface area contributed by atoms with Crippen LogP contribution in [0.3, 0.4) is 0 Å². The van der Waals surface area contributed by atoms with Crippen molar-refractivity contribution in [2.45, 2.75) is 12.8 Å². The number of nitrogens with one attached hydrogen (secondary N) is 1. The van der Waals surface area contributed by atoms with Gasteiger partial charge in [0, 0.05) is 0 Å². The van der Waals surface area contributed by atoms with E-state index in [1.807, 2.05) is 37.3 Å². The van der Waals surface area contributed by atoms with Crippen LogP contribution in [0.1, 0.15) is 22.9 Å². The van der Waals surface area contributed by atoms with Gasteiger partial charge in [-0.2, -0.15) is 0 Å². The maximum atomic E-state index is 7.82. The molecule has 6 heteroatoms. The SMILES string of the molecule is Cc1nc(C(C(=N)N)c2ccccc2)c(Br)nc1Br. The van der Waals surface area contributed by atoms with E-state index < -0.39 is 5.92 Å². The van der Waals surface area contributed by atoms with Crippen LogP contribution in [0.4, 0.5) is 0 Å². The zero-order chi connectivity index (χ0) is 14.0. The molecule has 1 aromatic heterocycles. The molecule has 19 heavy (non-hydrogen) atoms. The lowest BCUT2D eigenvalue weighted by Crippen LogP contribution is -2.23. The predicted octanol–water partition coefficient (Wildman–Crippen LogP) is 3.38. The third-order valence-electron chi connectivity index (χ3n) is 2.71. The van der Waals surface area contributed by atoms with Gasteiger partial charge in [0.05, 0.1) is 17.3 Å². The molecular formula is C13H12Br2N4. The fourth-order valence-electron chi connectivity index (χ4n) is 1.81. The third-order valence-corrected chi connectivity index (χ3v) is 4.05. The summed E-state index contributed by atoms with van der Waals surface area (Å²) in [5.41, 5.74) is 8.08. The Hall–Kier alpha value is -1.27. The predicted molar refractivity (Wildman–Crippen MR) is 82.4 cm³/mol. The summed E-state index contributed by atoms with van der Waals surface area (Å²) < 4.78 is 1.27. The smallest absolute Gasteiger partial charge is 0.130 e. The molecule has 0 fully saturated rings. The second-order valence-corrected chi connectivity index (χ2v) is 5.58. The zero-order valence-electron chi connectivity index (χ0n) is 10.2. The van der Waals surface area contributed by atoms with E-state index in [2.05, 4.69) is 41.8 Å². The Bertz CT molecular complexity index is 614. The van der Waals surface area contributed by atoms with Gasteiger partial charge in [-0.05, 0) is 44.3 Å². The van der Waals surface area contributed by atoms with E-state index in [1.54, 1.807) is 0 Å². The number of hydrogen-bond donors (Lipinski definition) is 2. The number of amidine groups is 1. The molecular weight excluding hydrogens is 372 g/mol. The van der Waals surface area contributed by atoms with Gasteiger partial charge in [0.15, 0.2) is 0 Å². The lowest BCUT2D eigenvalue weighted by molar-refractivity contribution is 0.902. The summed E-state index contributed by atoms with van der Waals surface area (Å²) in [6.07, 6.45) is 0. The standard InChI is InChI=1S/C13H12Br2N4/c1-7-11(14)19-12(15)10(18-7)9(13(16)17)8-5-3-2-4-6-8/h2-6,9H,1H3,(H3,16,17). The minimum atomic E-state index is -0.394. The van der Waals surface area contributed by atoms with Crippen LogP contribution in [0.25, 0.3) is 0 Å². The molecule has 0 spiro atoms. The van der Waals surface area contributed by atoms with Crippen molar-refractivity contribution in [1.29, 1.82) is 5.41 Å². The van der Waals surface area contributed by atoms with Crippen molar-refractivity contribution >= 4 is 37.7 Å². The normalized spacial score (nSPS) is 12.2. The average molecular weight is 384 g/mol. The van der Waals surface area contributed by atoms with Gasteiger partial charge >= 0.3 is 0 Å². The first kappa shape index (κ1) is 14.1. The molecule has 0 amide bonds. The van der Waals surface area contributed by atoms with Gasteiger partial charge in [-0.1, -0.05) is 30.3 Å². The molecule has 1 heterocycles. The van der Waals surface area contributed by atoms with Crippen molar-refractivity contribution in [3.8, 4) is 0 Å². The molecule has 1 atom stereocenters. The van der Waals surface area contributed by atoms with E-state index in [1.165, 1.54) is 0 Å². The first-order valence-corrected chi connectivity index (χ1v) is 7.17. The Balaban J connectivity index is 2.58. The van der Waals surface area contributed by atoms with E-state index in [4.69, 9.17) is 11.1 Å². The Morgan fingerprint density at radius 2 is 1.79 bits per heavy atom. The molecule has 1 unspecified atom stereocenters. The van der Waals surface area contributed by atoms with Crippen LogP contribution < -0.4 is 5.73 Å². The number of nitrogens with two attached hydrogens (primary N) is 1. The number of halogens is 2. The second-order valence-electron chi connectivity index (χ2n) is 4.07. The van der Waals surface area contributed by atoms with Crippen molar-refractivity contribution < 1.29 is 0 Å². The average Bonchev–Trinajstić information content (AvgIpc) is 2.37. The highest BCUT2D eigenvalue weighted by Gasteiger charge is 2.23. The van der Waals surface area contributed by atoms with Gasteiger partial charge in [-0.15, -0.1) is 0 Å². The van der Waals surface area contributed by atoms with Crippen molar-refractivity contribution in [3.05, 3.63) is 56.5 Å². The number of rotatable bonds is 3. The van der Waals surface area contributed by atoms with Gasteiger partial charge in [0.1, 0.15) is 15.0 Å². The quantitative estimate of drug-likeness (QED) is 0.630. The number of nitrogens with zero attached hydrogens (tertiary/aromatic N) is 2. The van der Waals surface area contributed by atoms with Crippen LogP contribution in [0.5, 0.6) is 0 Å². The largest absolute Gasteiger partial charge is 0.387 e. The molecule has 2 aromatic rings. The minimum Gasteiger partial charge on any atom is -0.387 e. The number of hydrogen-bond acceptors (Lipinski definition) is 3. The first-order valence-electron chi connectivity index (χ1n) is 5.59. The Labute approximate surface area is 128 Å². The highest BCUT2D eigenvalue weighted by molar-refractivity contribution is 9.11. The van der Waals surface area contributed by atoms with Crippen LogP contribution in [0.15, 0.2) is 39.5 Å². The van der Waals surface area contributed by atoms with Gasteiger partial charge < -0.3 is 5.73 Å². The van der Waals surface area contributed by atoms with Crippen LogP contribution in [-0.2, 0) is 0 Å². The minimum absolute atomic E-state index is 0.0444. The van der Waals surface area contributed by atoms with E-state index >= 15 is 0 Å². The molecule has 0 saturated heterocycles. The molecule has 0 aliphatic heterocycles. The summed E-state index contributed by atoms with van der Waals surface area (Å²) in [7, 11) is 0. The van der Waals surface area contributed by atoms with E-state index in [-0.39, 0.29) is 5.84 Å². The maximum Gasteiger partial charge on any atom is 0.130 e. The number of aromatic nitrogens is 2. The molecule has 0 bridgehead atoms. The van der Waals surface area contributed by atoms with Crippen LogP contribution in [-0.4, -0.2) is 15.8 Å². The molecule has 0 aliphatic carbocycles. The fourth-order valence-corrected chi connectivity index (χ4v) is 2.81. The van der Waals surface area contributed by atoms with Gasteiger partial charge in [-0.3, -0.25) is 10.4 Å². The molecule has 1 aromatic carbocycles. The lowest BCUT2D eigenvalue weighted by Gasteiger charge is -2.17. The summed E-state index contributed by atoms with van der Waals surface area (Å²) in [6.45, 7) is 1.86. The monoisotopic (exact) mass is 382 g/mol. The zero-order valence-corrected chi connectivity index (χ0v) is 13.4. The van der Waals surface area contributed by atoms with E-state index in [0.717, 1.165) is 11.3 Å². The van der Waals surface area contributed by atoms with E-state index in [9.17, 15) is 0 Å². The van der Waals surface area contributed by atoms with Gasteiger partial charge in [0.25, 0.3) is 0 Å². The summed E-state index contributed by atoms with van der Waals surface area (Å²) in [6, 6.07) is 9.61. The number of aryl methyl sites for hydroxylation is 1. The molecule has 0 radical (unpaired) electrons. The Kier molecular flexibility index (Phi) is 4.31. The molecule has 98 valence electrons. The summed E-state index contributed by atoms with van der Waals surface area (Å²) in [5.74, 6) is -0.349. The van der Waals surface area contributed by atoms with Crippen molar-refractivity contribution in [1.82, 2.24) is 9.97 Å². The number of benzene rings is 1. The van der Waals surface area contributed by atoms with Gasteiger partial charge in [-0.25, -0.2) is 4.98 Å². The highest BCUT2D eigenvalue weighted by Crippen LogP contribution is 2.29. The van der Waals surface area contributed by atoms with Crippen LogP contribution in [0.2, 0.25) is 0 Å². The molecule has 0 saturated carbocycles. The van der Waals surface area contributed by atoms with Crippen LogP contribution in [0, 0.1) is 12.3 Å². The van der Waals surface area contributed by atoms with E-state index in [0.29, 0.717) is 14.9 Å². The van der Waals surface area contributed by atoms with Crippen molar-refractivity contribution in [2.75, 3.05) is 0 Å². The second kappa shape index (κ2) is 5.79. The highest BCUT2D eigenvalue weighted by atomic mass is 79.9. The Morgan fingerprint density at radius 3 is 2.37 bits per heavy atom. The summed E-state index contributed by atoms with van der Waals surface area (Å²) in [4.78, 5) is 8.81. The third kappa shape index (κ3) is 3.01. The lowest BCUT2D eigenvalue weighted by atomic mass is 9.95. The maximum absolute atomic E-state index is 7.82.